The number of hydrogen-bond donors (Lipinski definition) is 0. The summed E-state index contributed by atoms with van der Waals surface area (Å²) in [5, 5.41) is 0. The molecule has 0 saturated heterocycles. The van der Waals surface area contributed by atoms with E-state index < -0.39 is 0 Å². The van der Waals surface area contributed by atoms with Gasteiger partial charge in [-0.2, -0.15) is 9.78 Å². The van der Waals surface area contributed by atoms with Crippen LogP contribution in [0.4, 0.5) is 0 Å². The van der Waals surface area contributed by atoms with E-state index in [0.717, 1.165) is 11.5 Å². The van der Waals surface area contributed by atoms with Crippen LogP contribution in [0, 0.1) is 0 Å². The van der Waals surface area contributed by atoms with Gasteiger partial charge in [-0.05, 0) is 88.5 Å². The fraction of sp³-hybridized carbons (Fsp3) is 0.625. The zero-order valence-corrected chi connectivity index (χ0v) is 25.4. The zero-order chi connectivity index (χ0) is 27.8. The van der Waals surface area contributed by atoms with Gasteiger partial charge in [0, 0.05) is 11.1 Å². The second-order valence-electron chi connectivity index (χ2n) is 12.7. The summed E-state index contributed by atoms with van der Waals surface area (Å²) in [6, 6.07) is 12.4. The van der Waals surface area contributed by atoms with Crippen LogP contribution in [0.3, 0.4) is 0 Å². The maximum atomic E-state index is 5.55. The molecule has 2 rings (SSSR count). The van der Waals surface area contributed by atoms with E-state index in [1.165, 1.54) is 22.3 Å². The van der Waals surface area contributed by atoms with Gasteiger partial charge in [0.25, 0.3) is 0 Å². The minimum absolute atomic E-state index is 0.303. The van der Waals surface area contributed by atoms with Gasteiger partial charge in [-0.1, -0.05) is 79.7 Å². The van der Waals surface area contributed by atoms with Crippen molar-refractivity contribution in [1.82, 2.24) is 0 Å². The maximum absolute atomic E-state index is 5.55. The van der Waals surface area contributed by atoms with E-state index in [0.29, 0.717) is 23.7 Å². The topological polar surface area (TPSA) is 36.9 Å². The molecule has 2 aromatic rings. The summed E-state index contributed by atoms with van der Waals surface area (Å²) >= 11 is 0. The Labute approximate surface area is 221 Å². The van der Waals surface area contributed by atoms with E-state index in [-0.39, 0.29) is 11.2 Å². The monoisotopic (exact) mass is 500 g/mol. The third-order valence-electron chi connectivity index (χ3n) is 5.36. The van der Waals surface area contributed by atoms with Crippen LogP contribution in [-0.4, -0.2) is 11.2 Å². The fourth-order valence-electron chi connectivity index (χ4n) is 3.85. The second kappa shape index (κ2) is 13.5. The highest BCUT2D eigenvalue weighted by Gasteiger charge is 2.20. The first-order valence-corrected chi connectivity index (χ1v) is 13.4. The maximum Gasteiger partial charge on any atom is 0.169 e. The van der Waals surface area contributed by atoms with E-state index in [1.54, 1.807) is 0 Å². The average molecular weight is 501 g/mol. The average Bonchev–Trinajstić information content (AvgIpc) is 2.74. The summed E-state index contributed by atoms with van der Waals surface area (Å²) in [6.07, 6.45) is 0. The van der Waals surface area contributed by atoms with Gasteiger partial charge in [-0.25, -0.2) is 0 Å². The molecule has 2 aromatic carbocycles. The lowest BCUT2D eigenvalue weighted by atomic mass is 9.90. The smallest absolute Gasteiger partial charge is 0.169 e. The number of rotatable bonds is 8. The Bertz CT molecular complexity index is 851. The fourth-order valence-corrected chi connectivity index (χ4v) is 3.85. The van der Waals surface area contributed by atoms with E-state index in [4.69, 9.17) is 19.6 Å². The number of hydrogen-bond acceptors (Lipinski definition) is 4. The SMILES string of the molecule is CC(C)c1cccc(OOC(C)(C)C)c1C(C)C.CC(C)c1cccc(OOC(C)(C)C)c1C(C)C. The molecule has 0 aromatic heterocycles. The predicted molar refractivity (Wildman–Crippen MR) is 152 cm³/mol. The first kappa shape index (κ1) is 32.0. The van der Waals surface area contributed by atoms with Gasteiger partial charge in [0.05, 0.1) is 0 Å². The molecule has 0 bridgehead atoms. The van der Waals surface area contributed by atoms with Crippen molar-refractivity contribution in [2.45, 2.75) is 132 Å². The molecule has 0 spiro atoms. The third kappa shape index (κ3) is 10.5. The van der Waals surface area contributed by atoms with Crippen molar-refractivity contribution in [2.24, 2.45) is 0 Å². The van der Waals surface area contributed by atoms with Crippen LogP contribution in [0.25, 0.3) is 0 Å². The minimum Gasteiger partial charge on any atom is -0.337 e. The Hall–Kier alpha value is -2.04. The molecule has 0 aliphatic carbocycles. The molecular formula is C32H52O4. The van der Waals surface area contributed by atoms with Crippen LogP contribution in [0.15, 0.2) is 36.4 Å². The van der Waals surface area contributed by atoms with Crippen LogP contribution in [0.1, 0.15) is 143 Å². The van der Waals surface area contributed by atoms with Crippen molar-refractivity contribution < 1.29 is 19.6 Å². The second-order valence-corrected chi connectivity index (χ2v) is 12.7. The van der Waals surface area contributed by atoms with Crippen molar-refractivity contribution >= 4 is 0 Å². The van der Waals surface area contributed by atoms with Crippen molar-refractivity contribution in [3.05, 3.63) is 58.7 Å². The minimum atomic E-state index is -0.303. The zero-order valence-electron chi connectivity index (χ0n) is 25.4. The molecule has 0 heterocycles. The van der Waals surface area contributed by atoms with Crippen LogP contribution in [-0.2, 0) is 9.78 Å². The molecule has 0 fully saturated rings. The highest BCUT2D eigenvalue weighted by Crippen LogP contribution is 2.35. The van der Waals surface area contributed by atoms with Crippen molar-refractivity contribution in [3.63, 3.8) is 0 Å². The predicted octanol–water partition coefficient (Wildman–Crippen LogP) is 10.1. The van der Waals surface area contributed by atoms with Crippen LogP contribution < -0.4 is 9.78 Å². The lowest BCUT2D eigenvalue weighted by Crippen LogP contribution is -2.22. The van der Waals surface area contributed by atoms with Gasteiger partial charge in [-0.15, -0.1) is 0 Å². The summed E-state index contributed by atoms with van der Waals surface area (Å²) in [7, 11) is 0. The summed E-state index contributed by atoms with van der Waals surface area (Å²) in [5.74, 6) is 3.49. The lowest BCUT2D eigenvalue weighted by molar-refractivity contribution is -0.275. The number of benzene rings is 2. The highest BCUT2D eigenvalue weighted by atomic mass is 17.2. The largest absolute Gasteiger partial charge is 0.337 e. The molecule has 0 atom stereocenters. The molecule has 0 radical (unpaired) electrons. The molecule has 0 aliphatic rings. The van der Waals surface area contributed by atoms with Crippen molar-refractivity contribution in [2.75, 3.05) is 0 Å². The molecule has 0 N–H and O–H groups in total. The molecule has 0 amide bonds. The normalized spacial score (nSPS) is 12.3. The Morgan fingerprint density at radius 2 is 0.778 bits per heavy atom. The van der Waals surface area contributed by atoms with E-state index in [9.17, 15) is 0 Å². The van der Waals surface area contributed by atoms with E-state index in [1.807, 2.05) is 65.8 Å². The van der Waals surface area contributed by atoms with Gasteiger partial charge in [-0.3, -0.25) is 0 Å². The molecular weight excluding hydrogens is 448 g/mol. The molecule has 36 heavy (non-hydrogen) atoms. The van der Waals surface area contributed by atoms with Crippen molar-refractivity contribution in [1.29, 1.82) is 0 Å². The van der Waals surface area contributed by atoms with Crippen LogP contribution >= 0.6 is 0 Å². The van der Waals surface area contributed by atoms with Crippen molar-refractivity contribution in [3.8, 4) is 11.5 Å². The summed E-state index contributed by atoms with van der Waals surface area (Å²) in [5.41, 5.74) is 4.55. The summed E-state index contributed by atoms with van der Waals surface area (Å²) in [4.78, 5) is 22.0. The summed E-state index contributed by atoms with van der Waals surface area (Å²) < 4.78 is 0. The first-order valence-electron chi connectivity index (χ1n) is 13.4. The Balaban J connectivity index is 0.000000360. The van der Waals surface area contributed by atoms with E-state index in [2.05, 4.69) is 67.5 Å². The Morgan fingerprint density at radius 3 is 1.00 bits per heavy atom. The first-order chi connectivity index (χ1) is 16.4. The van der Waals surface area contributed by atoms with Gasteiger partial charge < -0.3 is 9.78 Å². The Kier molecular flexibility index (Phi) is 12.0. The Morgan fingerprint density at radius 1 is 0.472 bits per heavy atom. The van der Waals surface area contributed by atoms with Gasteiger partial charge in [0.2, 0.25) is 0 Å². The lowest BCUT2D eigenvalue weighted by Gasteiger charge is -2.22. The van der Waals surface area contributed by atoms with Crippen LogP contribution in [0.5, 0.6) is 11.5 Å². The highest BCUT2D eigenvalue weighted by molar-refractivity contribution is 5.44. The van der Waals surface area contributed by atoms with Gasteiger partial charge in [0.1, 0.15) is 11.2 Å². The molecule has 0 saturated carbocycles. The molecule has 4 heteroatoms. The standard InChI is InChI=1S/2C16H26O2/c2*1-11(2)13-9-8-10-14(15(13)12(3)4)17-18-16(5,6)7/h2*8-12H,1-7H3. The van der Waals surface area contributed by atoms with Gasteiger partial charge >= 0.3 is 0 Å². The molecule has 204 valence electrons. The molecule has 4 nitrogen and oxygen atoms in total. The quantitative estimate of drug-likeness (QED) is 0.267. The third-order valence-corrected chi connectivity index (χ3v) is 5.36. The molecule has 0 aliphatic heterocycles. The van der Waals surface area contributed by atoms with E-state index >= 15 is 0 Å². The van der Waals surface area contributed by atoms with Crippen LogP contribution in [0.2, 0.25) is 0 Å². The van der Waals surface area contributed by atoms with Gasteiger partial charge in [0.15, 0.2) is 11.5 Å². The molecule has 0 unspecified atom stereocenters. The summed E-state index contributed by atoms with van der Waals surface area (Å²) in [6.45, 7) is 29.4.